The number of aromatic nitrogens is 1. The Bertz CT molecular complexity index is 350. The summed E-state index contributed by atoms with van der Waals surface area (Å²) in [4.78, 5) is 2.60. The maximum Gasteiger partial charge on any atom is 0.159 e. The maximum atomic E-state index is 5.09. The van der Waals surface area contributed by atoms with Crippen LogP contribution in [0.1, 0.15) is 25.0 Å². The van der Waals surface area contributed by atoms with E-state index in [1.807, 2.05) is 6.07 Å². The van der Waals surface area contributed by atoms with Gasteiger partial charge in [0.2, 0.25) is 0 Å². The zero-order valence-corrected chi connectivity index (χ0v) is 9.51. The molecule has 1 unspecified atom stereocenters. The fourth-order valence-electron chi connectivity index (χ4n) is 2.96. The van der Waals surface area contributed by atoms with E-state index in [0.717, 1.165) is 17.6 Å². The molecule has 0 spiro atoms. The van der Waals surface area contributed by atoms with Crippen LogP contribution in [-0.4, -0.2) is 29.7 Å². The lowest BCUT2D eigenvalue weighted by molar-refractivity contribution is 0.217. The first-order valence-electron chi connectivity index (χ1n) is 6.23. The molecule has 0 N–H and O–H groups in total. The monoisotopic (exact) mass is 218 g/mol. The molecule has 0 saturated carbocycles. The van der Waals surface area contributed by atoms with Gasteiger partial charge in [0.05, 0.1) is 6.20 Å². The number of fused-ring (bicyclic) bond motifs is 4. The van der Waals surface area contributed by atoms with Gasteiger partial charge in [-0.1, -0.05) is 11.2 Å². The summed E-state index contributed by atoms with van der Waals surface area (Å²) in [5, 5.41) is 3.72. The van der Waals surface area contributed by atoms with E-state index in [-0.39, 0.29) is 0 Å². The van der Waals surface area contributed by atoms with Crippen LogP contribution in [0.3, 0.4) is 0 Å². The summed E-state index contributed by atoms with van der Waals surface area (Å²) in [6, 6.07) is 1.91. The molecule has 2 bridgehead atoms. The van der Waals surface area contributed by atoms with E-state index in [4.69, 9.17) is 4.52 Å². The van der Waals surface area contributed by atoms with Crippen molar-refractivity contribution in [1.29, 1.82) is 0 Å². The predicted octanol–water partition coefficient (Wildman–Crippen LogP) is 2.42. The maximum absolute atomic E-state index is 5.09. The quantitative estimate of drug-likeness (QED) is 0.763. The molecule has 0 aliphatic carbocycles. The Morgan fingerprint density at radius 2 is 2.06 bits per heavy atom. The number of hydrogen-bond donors (Lipinski definition) is 0. The standard InChI is InChI=1S/C13H18N2O/c1(2-13-3-7-14-16-13)11-4-8-15-9-5-12(11)6-10-15/h1-3,7,11-12H,4-6,8-10H2/b2-1-. The molecule has 0 amide bonds. The normalized spacial score (nSPS) is 34.4. The van der Waals surface area contributed by atoms with Crippen molar-refractivity contribution in [3.8, 4) is 0 Å². The van der Waals surface area contributed by atoms with E-state index in [9.17, 15) is 0 Å². The molecule has 0 radical (unpaired) electrons. The molecule has 1 atom stereocenters. The van der Waals surface area contributed by atoms with Crippen LogP contribution in [0.15, 0.2) is 22.9 Å². The number of piperidine rings is 1. The molecule has 1 aromatic rings. The lowest BCUT2D eigenvalue weighted by Gasteiger charge is -2.27. The van der Waals surface area contributed by atoms with Gasteiger partial charge in [0, 0.05) is 6.07 Å². The third kappa shape index (κ3) is 2.05. The average molecular weight is 218 g/mol. The van der Waals surface area contributed by atoms with Crippen molar-refractivity contribution in [2.45, 2.75) is 19.3 Å². The summed E-state index contributed by atoms with van der Waals surface area (Å²) in [5.41, 5.74) is 0. The van der Waals surface area contributed by atoms with Crippen molar-refractivity contribution in [3.05, 3.63) is 24.1 Å². The van der Waals surface area contributed by atoms with E-state index in [0.29, 0.717) is 0 Å². The molecule has 3 aliphatic heterocycles. The highest BCUT2D eigenvalue weighted by Crippen LogP contribution is 2.32. The first-order chi connectivity index (χ1) is 7.92. The van der Waals surface area contributed by atoms with Crippen LogP contribution in [0, 0.1) is 11.8 Å². The highest BCUT2D eigenvalue weighted by molar-refractivity contribution is 5.41. The Morgan fingerprint density at radius 3 is 2.81 bits per heavy atom. The minimum Gasteiger partial charge on any atom is -0.357 e. The van der Waals surface area contributed by atoms with E-state index >= 15 is 0 Å². The zero-order chi connectivity index (χ0) is 10.8. The molecule has 0 aromatic carbocycles. The molecular weight excluding hydrogens is 200 g/mol. The van der Waals surface area contributed by atoms with Crippen molar-refractivity contribution < 1.29 is 4.52 Å². The first kappa shape index (κ1) is 10.1. The summed E-state index contributed by atoms with van der Waals surface area (Å²) in [7, 11) is 0. The summed E-state index contributed by atoms with van der Waals surface area (Å²) in [6.07, 6.45) is 10.2. The lowest BCUT2D eigenvalue weighted by Crippen LogP contribution is -2.30. The van der Waals surface area contributed by atoms with Crippen LogP contribution >= 0.6 is 0 Å². The van der Waals surface area contributed by atoms with Gasteiger partial charge in [0.25, 0.3) is 0 Å². The smallest absolute Gasteiger partial charge is 0.159 e. The molecule has 86 valence electrons. The minimum atomic E-state index is 0.734. The second kappa shape index (κ2) is 4.42. The van der Waals surface area contributed by atoms with E-state index < -0.39 is 0 Å². The van der Waals surface area contributed by atoms with Gasteiger partial charge in [-0.3, -0.25) is 0 Å². The van der Waals surface area contributed by atoms with Crippen molar-refractivity contribution in [2.24, 2.45) is 11.8 Å². The number of allylic oxidation sites excluding steroid dienone is 1. The fourth-order valence-corrected chi connectivity index (χ4v) is 2.96. The summed E-state index contributed by atoms with van der Waals surface area (Å²) < 4.78 is 5.09. The number of nitrogens with zero attached hydrogens (tertiary/aromatic N) is 2. The van der Waals surface area contributed by atoms with E-state index in [1.165, 1.54) is 38.9 Å². The van der Waals surface area contributed by atoms with Crippen molar-refractivity contribution in [1.82, 2.24) is 10.1 Å². The summed E-state index contributed by atoms with van der Waals surface area (Å²) in [5.74, 6) is 2.50. The number of rotatable bonds is 2. The predicted molar refractivity (Wildman–Crippen MR) is 62.8 cm³/mol. The van der Waals surface area contributed by atoms with E-state index in [1.54, 1.807) is 6.20 Å². The number of hydrogen-bond acceptors (Lipinski definition) is 3. The van der Waals surface area contributed by atoms with Crippen LogP contribution < -0.4 is 0 Å². The Morgan fingerprint density at radius 1 is 1.25 bits per heavy atom. The molecule has 16 heavy (non-hydrogen) atoms. The second-order valence-electron chi connectivity index (χ2n) is 4.91. The topological polar surface area (TPSA) is 29.3 Å². The molecule has 3 nitrogen and oxygen atoms in total. The highest BCUT2D eigenvalue weighted by atomic mass is 16.5. The summed E-state index contributed by atoms with van der Waals surface area (Å²) >= 11 is 0. The van der Waals surface area contributed by atoms with Crippen LogP contribution in [0.25, 0.3) is 6.08 Å². The van der Waals surface area contributed by atoms with Crippen molar-refractivity contribution >= 4 is 6.08 Å². The third-order valence-electron chi connectivity index (χ3n) is 3.98. The van der Waals surface area contributed by atoms with Crippen LogP contribution in [0.5, 0.6) is 0 Å². The van der Waals surface area contributed by atoms with Gasteiger partial charge in [0.15, 0.2) is 5.76 Å². The lowest BCUT2D eigenvalue weighted by atomic mass is 9.84. The van der Waals surface area contributed by atoms with Gasteiger partial charge in [0.1, 0.15) is 0 Å². The largest absolute Gasteiger partial charge is 0.357 e. The third-order valence-corrected chi connectivity index (χ3v) is 3.98. The van der Waals surface area contributed by atoms with Gasteiger partial charge in [-0.05, 0) is 56.8 Å². The molecular formula is C13H18N2O. The molecule has 4 heterocycles. The van der Waals surface area contributed by atoms with Gasteiger partial charge in [-0.25, -0.2) is 0 Å². The molecule has 4 rings (SSSR count). The fraction of sp³-hybridized carbons (Fsp3) is 0.615. The second-order valence-corrected chi connectivity index (χ2v) is 4.91. The Labute approximate surface area is 96.1 Å². The average Bonchev–Trinajstić information content (AvgIpc) is 2.69. The molecule has 1 aromatic heterocycles. The first-order valence-corrected chi connectivity index (χ1v) is 6.23. The van der Waals surface area contributed by atoms with Gasteiger partial charge >= 0.3 is 0 Å². The minimum absolute atomic E-state index is 0.734. The highest BCUT2D eigenvalue weighted by Gasteiger charge is 2.29. The van der Waals surface area contributed by atoms with Gasteiger partial charge in [-0.2, -0.15) is 0 Å². The zero-order valence-electron chi connectivity index (χ0n) is 9.51. The Kier molecular flexibility index (Phi) is 2.79. The van der Waals surface area contributed by atoms with Gasteiger partial charge in [-0.15, -0.1) is 0 Å². The Balaban J connectivity index is 1.70. The molecule has 3 fully saturated rings. The van der Waals surface area contributed by atoms with Crippen molar-refractivity contribution in [2.75, 3.05) is 19.6 Å². The molecule has 3 aliphatic rings. The van der Waals surface area contributed by atoms with E-state index in [2.05, 4.69) is 22.2 Å². The van der Waals surface area contributed by atoms with Crippen LogP contribution in [0.4, 0.5) is 0 Å². The van der Waals surface area contributed by atoms with Crippen LogP contribution in [-0.2, 0) is 0 Å². The molecule has 3 heteroatoms. The molecule has 3 saturated heterocycles. The van der Waals surface area contributed by atoms with Crippen LogP contribution in [0.2, 0.25) is 0 Å². The van der Waals surface area contributed by atoms with Crippen molar-refractivity contribution in [3.63, 3.8) is 0 Å². The Hall–Kier alpha value is -1.09. The summed E-state index contributed by atoms with van der Waals surface area (Å²) in [6.45, 7) is 3.87. The SMILES string of the molecule is C(=C/C1CCN2CCC1CC2)/c1ccno1. The van der Waals surface area contributed by atoms with Gasteiger partial charge < -0.3 is 9.42 Å².